The fraction of sp³-hybridized carbons (Fsp3) is 0.375. The molecule has 0 saturated carbocycles. The molecule has 0 heterocycles. The first kappa shape index (κ1) is 33.4. The average Bonchev–Trinajstić information content (AvgIpc) is 2.95. The van der Waals surface area contributed by atoms with Gasteiger partial charge in [0.05, 0.1) is 22.0 Å². The SMILES string of the molecule is CCCNC(=O)[C@@H](Cc1ccccc1)N(Cc1ccc(Cl)c(Cl)c1)C(=O)CCCN(c1cccc(C)c1C)S(C)(=O)=O. The number of rotatable bonds is 14. The number of anilines is 1. The van der Waals surface area contributed by atoms with Gasteiger partial charge in [-0.25, -0.2) is 8.42 Å². The maximum atomic E-state index is 13.9. The molecule has 0 aliphatic carbocycles. The van der Waals surface area contributed by atoms with E-state index in [9.17, 15) is 18.0 Å². The zero-order valence-corrected chi connectivity index (χ0v) is 26.9. The van der Waals surface area contributed by atoms with E-state index in [2.05, 4.69) is 5.32 Å². The summed E-state index contributed by atoms with van der Waals surface area (Å²) in [6.45, 7) is 6.53. The van der Waals surface area contributed by atoms with Crippen LogP contribution in [0.15, 0.2) is 66.7 Å². The third-order valence-electron chi connectivity index (χ3n) is 7.15. The monoisotopic (exact) mass is 631 g/mol. The van der Waals surface area contributed by atoms with Gasteiger partial charge in [0.1, 0.15) is 6.04 Å². The van der Waals surface area contributed by atoms with Crippen LogP contribution >= 0.6 is 23.2 Å². The van der Waals surface area contributed by atoms with Crippen LogP contribution in [0.1, 0.15) is 48.4 Å². The fourth-order valence-electron chi connectivity index (χ4n) is 4.74. The van der Waals surface area contributed by atoms with Crippen molar-refractivity contribution in [2.75, 3.05) is 23.7 Å². The maximum absolute atomic E-state index is 13.9. The Hall–Kier alpha value is -3.07. The molecule has 0 saturated heterocycles. The van der Waals surface area contributed by atoms with Gasteiger partial charge in [0.25, 0.3) is 0 Å². The molecule has 1 atom stereocenters. The number of nitrogens with zero attached hydrogens (tertiary/aromatic N) is 2. The lowest BCUT2D eigenvalue weighted by atomic mass is 10.0. The van der Waals surface area contributed by atoms with Crippen LogP contribution in [0, 0.1) is 13.8 Å². The Bertz CT molecular complexity index is 1480. The Balaban J connectivity index is 1.91. The molecular weight excluding hydrogens is 593 g/mol. The highest BCUT2D eigenvalue weighted by atomic mass is 35.5. The third-order valence-corrected chi connectivity index (χ3v) is 9.07. The number of benzene rings is 3. The normalized spacial score (nSPS) is 12.0. The fourth-order valence-corrected chi connectivity index (χ4v) is 6.08. The van der Waals surface area contributed by atoms with Crippen LogP contribution in [-0.4, -0.2) is 50.5 Å². The zero-order valence-electron chi connectivity index (χ0n) is 24.6. The van der Waals surface area contributed by atoms with Gasteiger partial charge in [0.15, 0.2) is 0 Å². The molecule has 226 valence electrons. The average molecular weight is 633 g/mol. The van der Waals surface area contributed by atoms with Crippen molar-refractivity contribution in [2.45, 2.75) is 59.0 Å². The van der Waals surface area contributed by atoms with Crippen molar-refractivity contribution >= 4 is 50.7 Å². The van der Waals surface area contributed by atoms with Crippen LogP contribution in [0.4, 0.5) is 5.69 Å². The van der Waals surface area contributed by atoms with Gasteiger partial charge in [-0.05, 0) is 67.1 Å². The van der Waals surface area contributed by atoms with E-state index in [4.69, 9.17) is 23.2 Å². The number of nitrogens with one attached hydrogen (secondary N) is 1. The van der Waals surface area contributed by atoms with Crippen molar-refractivity contribution in [3.63, 3.8) is 0 Å². The predicted molar refractivity (Wildman–Crippen MR) is 172 cm³/mol. The molecule has 7 nitrogen and oxygen atoms in total. The minimum atomic E-state index is -3.60. The summed E-state index contributed by atoms with van der Waals surface area (Å²) in [4.78, 5) is 29.0. The highest BCUT2D eigenvalue weighted by Gasteiger charge is 2.30. The standard InChI is InChI=1S/C32H39Cl2N3O4S/c1-5-18-35-32(39)30(21-25-12-7-6-8-13-25)36(22-26-16-17-27(33)28(34)20-26)31(38)15-10-19-37(42(4,40)41)29-14-9-11-23(2)24(29)3/h6-9,11-14,16-17,20,30H,5,10,15,18-19,21-22H2,1-4H3,(H,35,39)/t30-/m1/s1. The largest absolute Gasteiger partial charge is 0.354 e. The molecule has 3 aromatic carbocycles. The summed E-state index contributed by atoms with van der Waals surface area (Å²) in [6.07, 6.45) is 2.56. The molecule has 0 unspecified atom stereocenters. The van der Waals surface area contributed by atoms with E-state index in [0.717, 1.165) is 28.7 Å². The number of sulfonamides is 1. The minimum Gasteiger partial charge on any atom is -0.354 e. The van der Waals surface area contributed by atoms with E-state index < -0.39 is 16.1 Å². The summed E-state index contributed by atoms with van der Waals surface area (Å²) in [5, 5.41) is 3.70. The molecule has 1 N–H and O–H groups in total. The van der Waals surface area contributed by atoms with Crippen LogP contribution in [0.2, 0.25) is 10.0 Å². The van der Waals surface area contributed by atoms with Gasteiger partial charge >= 0.3 is 0 Å². The van der Waals surface area contributed by atoms with Crippen molar-refractivity contribution in [3.05, 3.63) is 99.0 Å². The summed E-state index contributed by atoms with van der Waals surface area (Å²) in [5.74, 6) is -0.509. The number of aryl methyl sites for hydroxylation is 1. The van der Waals surface area contributed by atoms with Gasteiger partial charge in [-0.15, -0.1) is 0 Å². The summed E-state index contributed by atoms with van der Waals surface area (Å²) >= 11 is 12.4. The number of carbonyl (C=O) groups excluding carboxylic acids is 2. The molecular formula is C32H39Cl2N3O4S. The quantitative estimate of drug-likeness (QED) is 0.225. The molecule has 0 aliphatic heterocycles. The molecule has 3 rings (SSSR count). The molecule has 3 aromatic rings. The van der Waals surface area contributed by atoms with Crippen molar-refractivity contribution < 1.29 is 18.0 Å². The second-order valence-corrected chi connectivity index (χ2v) is 13.1. The Morgan fingerprint density at radius 3 is 2.29 bits per heavy atom. The van der Waals surface area contributed by atoms with Crippen molar-refractivity contribution in [2.24, 2.45) is 0 Å². The van der Waals surface area contributed by atoms with E-state index in [1.54, 1.807) is 29.2 Å². The van der Waals surface area contributed by atoms with Crippen molar-refractivity contribution in [3.8, 4) is 0 Å². The van der Waals surface area contributed by atoms with Crippen LogP contribution < -0.4 is 9.62 Å². The summed E-state index contributed by atoms with van der Waals surface area (Å²) < 4.78 is 26.9. The number of hydrogen-bond acceptors (Lipinski definition) is 4. The molecule has 0 fully saturated rings. The Labute approximate surface area is 259 Å². The van der Waals surface area contributed by atoms with Gasteiger partial charge in [-0.1, -0.05) is 78.7 Å². The van der Waals surface area contributed by atoms with Gasteiger partial charge in [0, 0.05) is 32.5 Å². The number of carbonyl (C=O) groups is 2. The number of amides is 2. The Morgan fingerprint density at radius 1 is 0.929 bits per heavy atom. The molecule has 0 spiro atoms. The summed E-state index contributed by atoms with van der Waals surface area (Å²) in [5.41, 5.74) is 4.09. The molecule has 0 bridgehead atoms. The predicted octanol–water partition coefficient (Wildman–Crippen LogP) is 6.32. The van der Waals surface area contributed by atoms with Gasteiger partial charge in [0.2, 0.25) is 21.8 Å². The molecule has 10 heteroatoms. The first-order valence-electron chi connectivity index (χ1n) is 14.0. The Kier molecular flexibility index (Phi) is 12.3. The van der Waals surface area contributed by atoms with Crippen LogP contribution in [-0.2, 0) is 32.6 Å². The highest BCUT2D eigenvalue weighted by molar-refractivity contribution is 7.92. The molecule has 0 radical (unpaired) electrons. The smallest absolute Gasteiger partial charge is 0.243 e. The summed E-state index contributed by atoms with van der Waals surface area (Å²) in [7, 11) is -3.60. The highest BCUT2D eigenvalue weighted by Crippen LogP contribution is 2.27. The topological polar surface area (TPSA) is 86.8 Å². The second kappa shape index (κ2) is 15.4. The lowest BCUT2D eigenvalue weighted by molar-refractivity contribution is -0.141. The first-order chi connectivity index (χ1) is 19.9. The van der Waals surface area contributed by atoms with Crippen LogP contribution in [0.5, 0.6) is 0 Å². The lowest BCUT2D eigenvalue weighted by Crippen LogP contribution is -2.50. The van der Waals surface area contributed by atoms with Gasteiger partial charge in [-0.3, -0.25) is 13.9 Å². The lowest BCUT2D eigenvalue weighted by Gasteiger charge is -2.32. The van der Waals surface area contributed by atoms with Crippen molar-refractivity contribution in [1.82, 2.24) is 10.2 Å². The second-order valence-electron chi connectivity index (χ2n) is 10.4. The number of hydrogen-bond donors (Lipinski definition) is 1. The first-order valence-corrected chi connectivity index (χ1v) is 16.6. The molecule has 2 amide bonds. The Morgan fingerprint density at radius 2 is 1.64 bits per heavy atom. The molecule has 0 aliphatic rings. The van der Waals surface area contributed by atoms with Crippen molar-refractivity contribution in [1.29, 1.82) is 0 Å². The van der Waals surface area contributed by atoms with Gasteiger partial charge < -0.3 is 10.2 Å². The van der Waals surface area contributed by atoms with Crippen LogP contribution in [0.3, 0.4) is 0 Å². The van der Waals surface area contributed by atoms with E-state index in [0.29, 0.717) is 28.7 Å². The number of halogens is 2. The zero-order chi connectivity index (χ0) is 30.9. The third kappa shape index (κ3) is 9.21. The van der Waals surface area contributed by atoms with E-state index in [1.807, 2.05) is 63.2 Å². The summed E-state index contributed by atoms with van der Waals surface area (Å²) in [6, 6.07) is 19.4. The maximum Gasteiger partial charge on any atom is 0.243 e. The molecule has 42 heavy (non-hydrogen) atoms. The van der Waals surface area contributed by atoms with E-state index in [1.165, 1.54) is 10.6 Å². The van der Waals surface area contributed by atoms with E-state index >= 15 is 0 Å². The minimum absolute atomic E-state index is 0.0462. The van der Waals surface area contributed by atoms with Gasteiger partial charge in [-0.2, -0.15) is 0 Å². The van der Waals surface area contributed by atoms with Crippen LogP contribution in [0.25, 0.3) is 0 Å². The molecule has 0 aromatic heterocycles. The van der Waals surface area contributed by atoms with E-state index in [-0.39, 0.29) is 37.7 Å².